The van der Waals surface area contributed by atoms with Gasteiger partial charge in [0, 0.05) is 25.8 Å². The lowest BCUT2D eigenvalue weighted by Crippen LogP contribution is -2.38. The van der Waals surface area contributed by atoms with Crippen molar-refractivity contribution in [3.63, 3.8) is 0 Å². The van der Waals surface area contributed by atoms with Gasteiger partial charge in [-0.1, -0.05) is 6.07 Å². The predicted molar refractivity (Wildman–Crippen MR) is 61.2 cm³/mol. The number of pyridine rings is 1. The van der Waals surface area contributed by atoms with Crippen molar-refractivity contribution in [2.24, 2.45) is 0 Å². The normalized spacial score (nSPS) is 19.6. The second-order valence-corrected chi connectivity index (χ2v) is 4.19. The summed E-state index contributed by atoms with van der Waals surface area (Å²) in [5.74, 6) is 0. The minimum absolute atomic E-state index is 0.501. The summed E-state index contributed by atoms with van der Waals surface area (Å²) in [5.41, 5.74) is 1.86. The van der Waals surface area contributed by atoms with Crippen LogP contribution in [-0.4, -0.2) is 47.8 Å². The Labute approximate surface area is 95.9 Å². The van der Waals surface area contributed by atoms with Crippen LogP contribution in [0.4, 0.5) is 0 Å². The quantitative estimate of drug-likeness (QED) is 0.820. The number of β-amino-alcohol motifs (C(OH)–C–C–N with tert-alkyl or cyclic N) is 1. The summed E-state index contributed by atoms with van der Waals surface area (Å²) in [7, 11) is 0. The molecule has 2 rings (SSSR count). The van der Waals surface area contributed by atoms with Crippen molar-refractivity contribution < 1.29 is 9.84 Å². The minimum atomic E-state index is -0.501. The van der Waals surface area contributed by atoms with Crippen LogP contribution in [0.25, 0.3) is 0 Å². The highest BCUT2D eigenvalue weighted by molar-refractivity contribution is 5.14. The van der Waals surface area contributed by atoms with Gasteiger partial charge >= 0.3 is 0 Å². The van der Waals surface area contributed by atoms with E-state index in [2.05, 4.69) is 9.88 Å². The number of hydrogen-bond donors (Lipinski definition) is 1. The van der Waals surface area contributed by atoms with Gasteiger partial charge in [0.15, 0.2) is 0 Å². The van der Waals surface area contributed by atoms with E-state index in [9.17, 15) is 5.11 Å². The third-order valence-corrected chi connectivity index (χ3v) is 2.81. The van der Waals surface area contributed by atoms with Crippen molar-refractivity contribution in [2.45, 2.75) is 13.0 Å². The Morgan fingerprint density at radius 2 is 2.19 bits per heavy atom. The summed E-state index contributed by atoms with van der Waals surface area (Å²) in [5, 5.41) is 10.0. The Morgan fingerprint density at radius 1 is 1.44 bits per heavy atom. The molecule has 16 heavy (non-hydrogen) atoms. The number of hydrogen-bond acceptors (Lipinski definition) is 4. The molecule has 0 saturated carbocycles. The SMILES string of the molecule is Cc1ccc(C(O)CN2CCOCC2)nc1. The van der Waals surface area contributed by atoms with E-state index in [4.69, 9.17) is 4.74 Å². The van der Waals surface area contributed by atoms with Gasteiger partial charge in [0.25, 0.3) is 0 Å². The van der Waals surface area contributed by atoms with Crippen LogP contribution in [0.2, 0.25) is 0 Å². The fourth-order valence-corrected chi connectivity index (χ4v) is 1.80. The van der Waals surface area contributed by atoms with Crippen LogP contribution in [0.15, 0.2) is 18.3 Å². The fourth-order valence-electron chi connectivity index (χ4n) is 1.80. The molecule has 1 atom stereocenters. The van der Waals surface area contributed by atoms with E-state index in [1.54, 1.807) is 6.20 Å². The van der Waals surface area contributed by atoms with Crippen molar-refractivity contribution in [3.05, 3.63) is 29.6 Å². The van der Waals surface area contributed by atoms with Gasteiger partial charge in [-0.25, -0.2) is 0 Å². The van der Waals surface area contributed by atoms with Crippen LogP contribution in [0.1, 0.15) is 17.4 Å². The first-order chi connectivity index (χ1) is 7.75. The maximum Gasteiger partial charge on any atom is 0.109 e. The van der Waals surface area contributed by atoms with Gasteiger partial charge in [0.1, 0.15) is 6.10 Å². The average molecular weight is 222 g/mol. The number of rotatable bonds is 3. The summed E-state index contributed by atoms with van der Waals surface area (Å²) in [4.78, 5) is 6.44. The van der Waals surface area contributed by atoms with Gasteiger partial charge in [0.2, 0.25) is 0 Å². The molecule has 1 N–H and O–H groups in total. The number of aromatic nitrogens is 1. The first-order valence-electron chi connectivity index (χ1n) is 5.66. The highest BCUT2D eigenvalue weighted by Crippen LogP contribution is 2.12. The maximum absolute atomic E-state index is 10.0. The summed E-state index contributed by atoms with van der Waals surface area (Å²) in [6.07, 6.45) is 1.29. The van der Waals surface area contributed by atoms with E-state index in [1.807, 2.05) is 19.1 Å². The Morgan fingerprint density at radius 3 is 2.81 bits per heavy atom. The van der Waals surface area contributed by atoms with Gasteiger partial charge < -0.3 is 9.84 Å². The van der Waals surface area contributed by atoms with Crippen molar-refractivity contribution in [1.82, 2.24) is 9.88 Å². The third kappa shape index (κ3) is 3.01. The zero-order valence-electron chi connectivity index (χ0n) is 9.59. The van der Waals surface area contributed by atoms with E-state index in [0.717, 1.165) is 37.6 Å². The second kappa shape index (κ2) is 5.39. The molecule has 1 fully saturated rings. The molecule has 1 unspecified atom stereocenters. The Kier molecular flexibility index (Phi) is 3.88. The molecule has 1 aromatic rings. The fraction of sp³-hybridized carbons (Fsp3) is 0.583. The van der Waals surface area contributed by atoms with Gasteiger partial charge in [-0.05, 0) is 18.6 Å². The van der Waals surface area contributed by atoms with Crippen molar-refractivity contribution in [3.8, 4) is 0 Å². The van der Waals surface area contributed by atoms with Crippen LogP contribution in [0.3, 0.4) is 0 Å². The van der Waals surface area contributed by atoms with Crippen LogP contribution in [-0.2, 0) is 4.74 Å². The van der Waals surface area contributed by atoms with E-state index >= 15 is 0 Å². The molecule has 0 amide bonds. The lowest BCUT2D eigenvalue weighted by Gasteiger charge is -2.28. The van der Waals surface area contributed by atoms with Gasteiger partial charge in [-0.3, -0.25) is 9.88 Å². The summed E-state index contributed by atoms with van der Waals surface area (Å²) in [6, 6.07) is 3.87. The molecule has 4 heteroatoms. The first-order valence-corrected chi connectivity index (χ1v) is 5.66. The smallest absolute Gasteiger partial charge is 0.109 e. The van der Waals surface area contributed by atoms with E-state index in [0.29, 0.717) is 6.54 Å². The second-order valence-electron chi connectivity index (χ2n) is 4.19. The lowest BCUT2D eigenvalue weighted by molar-refractivity contribution is 0.0135. The zero-order valence-corrected chi connectivity index (χ0v) is 9.59. The predicted octanol–water partition coefficient (Wildman–Crippen LogP) is 0.756. The highest BCUT2D eigenvalue weighted by atomic mass is 16.5. The molecule has 1 aliphatic heterocycles. The van der Waals surface area contributed by atoms with Crippen molar-refractivity contribution >= 4 is 0 Å². The highest BCUT2D eigenvalue weighted by Gasteiger charge is 2.16. The number of ether oxygens (including phenoxy) is 1. The molecule has 2 heterocycles. The molecule has 0 radical (unpaired) electrons. The number of nitrogens with zero attached hydrogens (tertiary/aromatic N) is 2. The van der Waals surface area contributed by atoms with Gasteiger partial charge in [-0.15, -0.1) is 0 Å². The Balaban J connectivity index is 1.91. The summed E-state index contributed by atoms with van der Waals surface area (Å²) in [6.45, 7) is 5.93. The van der Waals surface area contributed by atoms with Crippen molar-refractivity contribution in [1.29, 1.82) is 0 Å². The number of morpholine rings is 1. The van der Waals surface area contributed by atoms with Gasteiger partial charge in [-0.2, -0.15) is 0 Å². The Hall–Kier alpha value is -0.970. The van der Waals surface area contributed by atoms with Crippen molar-refractivity contribution in [2.75, 3.05) is 32.8 Å². The van der Waals surface area contributed by atoms with Gasteiger partial charge in [0.05, 0.1) is 18.9 Å². The molecule has 1 aliphatic rings. The van der Waals surface area contributed by atoms with Crippen LogP contribution in [0, 0.1) is 6.92 Å². The molecular weight excluding hydrogens is 204 g/mol. The Bertz CT molecular complexity index is 320. The number of aryl methyl sites for hydroxylation is 1. The summed E-state index contributed by atoms with van der Waals surface area (Å²) >= 11 is 0. The lowest BCUT2D eigenvalue weighted by atomic mass is 10.2. The number of aliphatic hydroxyl groups excluding tert-OH is 1. The first kappa shape index (κ1) is 11.5. The maximum atomic E-state index is 10.0. The van der Waals surface area contributed by atoms with E-state index < -0.39 is 6.10 Å². The molecule has 0 aromatic carbocycles. The molecule has 1 aromatic heterocycles. The average Bonchev–Trinajstić information content (AvgIpc) is 2.31. The standard InChI is InChI=1S/C12H18N2O2/c1-10-2-3-11(13-8-10)12(15)9-14-4-6-16-7-5-14/h2-3,8,12,15H,4-7,9H2,1H3. The zero-order chi connectivity index (χ0) is 11.4. The monoisotopic (exact) mass is 222 g/mol. The molecule has 1 saturated heterocycles. The molecule has 4 nitrogen and oxygen atoms in total. The molecule has 0 bridgehead atoms. The molecule has 0 aliphatic carbocycles. The topological polar surface area (TPSA) is 45.6 Å². The van der Waals surface area contributed by atoms with E-state index in [-0.39, 0.29) is 0 Å². The van der Waals surface area contributed by atoms with Crippen LogP contribution < -0.4 is 0 Å². The van der Waals surface area contributed by atoms with Crippen LogP contribution in [0.5, 0.6) is 0 Å². The van der Waals surface area contributed by atoms with Crippen LogP contribution >= 0.6 is 0 Å². The number of aliphatic hydroxyl groups is 1. The third-order valence-electron chi connectivity index (χ3n) is 2.81. The van der Waals surface area contributed by atoms with E-state index in [1.165, 1.54) is 0 Å². The summed E-state index contributed by atoms with van der Waals surface area (Å²) < 4.78 is 5.26. The molecular formula is C12H18N2O2. The molecule has 88 valence electrons. The molecule has 0 spiro atoms. The minimum Gasteiger partial charge on any atom is -0.385 e. The largest absolute Gasteiger partial charge is 0.385 e.